The van der Waals surface area contributed by atoms with Gasteiger partial charge < -0.3 is 15.2 Å². The van der Waals surface area contributed by atoms with Crippen LogP contribution in [-0.4, -0.2) is 44.7 Å². The number of carbonyl (C=O) groups excluding carboxylic acids is 1. The van der Waals surface area contributed by atoms with E-state index in [1.807, 2.05) is 0 Å². The van der Waals surface area contributed by atoms with E-state index in [0.717, 1.165) is 12.1 Å². The summed E-state index contributed by atoms with van der Waals surface area (Å²) in [5.74, 6) is -0.622. The third kappa shape index (κ3) is 6.75. The quantitative estimate of drug-likeness (QED) is 0.584. The van der Waals surface area contributed by atoms with Gasteiger partial charge in [-0.05, 0) is 49.2 Å². The monoisotopic (exact) mass is 506 g/mol. The summed E-state index contributed by atoms with van der Waals surface area (Å²) in [5.41, 5.74) is 4.74. The van der Waals surface area contributed by atoms with E-state index in [1.165, 1.54) is 16.4 Å². The van der Waals surface area contributed by atoms with E-state index in [9.17, 15) is 26.4 Å². The van der Waals surface area contributed by atoms with Crippen LogP contribution in [0.25, 0.3) is 0 Å². The van der Waals surface area contributed by atoms with Crippen LogP contribution in [0.3, 0.4) is 0 Å². The van der Waals surface area contributed by atoms with Gasteiger partial charge in [0, 0.05) is 36.0 Å². The Morgan fingerprint density at radius 1 is 1.09 bits per heavy atom. The Bertz CT molecular complexity index is 1090. The number of nitrogens with two attached hydrogens (primary N) is 1. The van der Waals surface area contributed by atoms with Gasteiger partial charge >= 0.3 is 6.36 Å². The number of sulfonamides is 1. The molecular weight excluding hydrogens is 485 g/mol. The minimum absolute atomic E-state index is 0.00336. The Morgan fingerprint density at radius 2 is 1.73 bits per heavy atom. The van der Waals surface area contributed by atoms with Gasteiger partial charge in [0.05, 0.1) is 11.5 Å². The molecule has 180 valence electrons. The van der Waals surface area contributed by atoms with Crippen molar-refractivity contribution in [2.45, 2.75) is 30.5 Å². The van der Waals surface area contributed by atoms with Crippen LogP contribution >= 0.6 is 11.6 Å². The zero-order chi connectivity index (χ0) is 24.3. The van der Waals surface area contributed by atoms with Crippen molar-refractivity contribution in [3.05, 3.63) is 53.6 Å². The first-order chi connectivity index (χ1) is 15.4. The highest BCUT2D eigenvalue weighted by molar-refractivity contribution is 7.89. The Kier molecular flexibility index (Phi) is 7.45. The lowest BCUT2D eigenvalue weighted by atomic mass is 9.76. The highest BCUT2D eigenvalue weighted by Gasteiger charge is 2.40. The molecule has 0 radical (unpaired) electrons. The summed E-state index contributed by atoms with van der Waals surface area (Å²) in [7, 11) is -4.08. The molecule has 33 heavy (non-hydrogen) atoms. The third-order valence-corrected chi connectivity index (χ3v) is 7.51. The molecule has 12 heteroatoms. The standard InChI is InChI=1S/C21H22ClF3N2O5S/c22-15-4-6-16(7-5-15)31-14-20(13-19(26)28)8-10-27(11-9-20)33(29,30)18-3-1-2-17(12-18)32-21(23,24)25/h1-7,12H,8-11,13-14H2,(H2,26,28). The van der Waals surface area contributed by atoms with E-state index < -0.39 is 33.5 Å². The van der Waals surface area contributed by atoms with Crippen molar-refractivity contribution < 1.29 is 35.9 Å². The number of rotatable bonds is 8. The fraction of sp³-hybridized carbons (Fsp3) is 0.381. The molecule has 0 bridgehead atoms. The van der Waals surface area contributed by atoms with Crippen LogP contribution in [0.1, 0.15) is 19.3 Å². The normalized spacial score (nSPS) is 16.8. The average molecular weight is 507 g/mol. The van der Waals surface area contributed by atoms with Crippen LogP contribution in [0.15, 0.2) is 53.4 Å². The second-order valence-corrected chi connectivity index (χ2v) is 10.2. The highest BCUT2D eigenvalue weighted by atomic mass is 35.5. The number of ether oxygens (including phenoxy) is 2. The van der Waals surface area contributed by atoms with Crippen molar-refractivity contribution in [3.8, 4) is 11.5 Å². The second kappa shape index (κ2) is 9.78. The lowest BCUT2D eigenvalue weighted by Crippen LogP contribution is -2.47. The summed E-state index contributed by atoms with van der Waals surface area (Å²) < 4.78 is 74.3. The molecule has 0 spiro atoms. The minimum Gasteiger partial charge on any atom is -0.493 e. The van der Waals surface area contributed by atoms with Gasteiger partial charge in [-0.3, -0.25) is 4.79 Å². The van der Waals surface area contributed by atoms with Gasteiger partial charge in [-0.2, -0.15) is 4.31 Å². The van der Waals surface area contributed by atoms with Gasteiger partial charge in [0.15, 0.2) is 0 Å². The van der Waals surface area contributed by atoms with Crippen LogP contribution in [0.5, 0.6) is 11.5 Å². The predicted octanol–water partition coefficient (Wildman–Crippen LogP) is 3.96. The molecule has 0 atom stereocenters. The number of primary amides is 1. The third-order valence-electron chi connectivity index (χ3n) is 5.37. The topological polar surface area (TPSA) is 98.9 Å². The summed E-state index contributed by atoms with van der Waals surface area (Å²) >= 11 is 5.86. The highest BCUT2D eigenvalue weighted by Crippen LogP contribution is 2.38. The number of alkyl halides is 3. The van der Waals surface area contributed by atoms with Crippen molar-refractivity contribution in [3.63, 3.8) is 0 Å². The smallest absolute Gasteiger partial charge is 0.493 e. The number of hydrogen-bond acceptors (Lipinski definition) is 5. The van der Waals surface area contributed by atoms with Crippen LogP contribution in [0.4, 0.5) is 13.2 Å². The number of benzene rings is 2. The van der Waals surface area contributed by atoms with Gasteiger partial charge in [-0.15, -0.1) is 13.2 Å². The fourth-order valence-corrected chi connectivity index (χ4v) is 5.29. The molecule has 2 N–H and O–H groups in total. The molecule has 0 aliphatic carbocycles. The first kappa shape index (κ1) is 25.1. The Labute approximate surface area is 194 Å². The van der Waals surface area contributed by atoms with E-state index in [2.05, 4.69) is 4.74 Å². The molecule has 1 saturated heterocycles. The molecule has 1 fully saturated rings. The van der Waals surface area contributed by atoms with Crippen molar-refractivity contribution in [1.82, 2.24) is 4.31 Å². The molecule has 1 heterocycles. The number of piperidine rings is 1. The zero-order valence-corrected chi connectivity index (χ0v) is 18.9. The number of hydrogen-bond donors (Lipinski definition) is 1. The number of halogens is 4. The van der Waals surface area contributed by atoms with Gasteiger partial charge in [0.2, 0.25) is 15.9 Å². The van der Waals surface area contributed by atoms with Crippen LogP contribution < -0.4 is 15.2 Å². The predicted molar refractivity (Wildman–Crippen MR) is 114 cm³/mol. The first-order valence-electron chi connectivity index (χ1n) is 9.91. The molecule has 7 nitrogen and oxygen atoms in total. The van der Waals surface area contributed by atoms with Crippen molar-refractivity contribution in [2.75, 3.05) is 19.7 Å². The Hall–Kier alpha value is -2.50. The van der Waals surface area contributed by atoms with Gasteiger partial charge in [-0.1, -0.05) is 17.7 Å². The maximum absolute atomic E-state index is 13.0. The molecule has 1 aliphatic rings. The van der Waals surface area contributed by atoms with Crippen molar-refractivity contribution >= 4 is 27.5 Å². The maximum Gasteiger partial charge on any atom is 0.573 e. The Balaban J connectivity index is 1.72. The molecule has 0 aromatic heterocycles. The van der Waals surface area contributed by atoms with Gasteiger partial charge in [0.25, 0.3) is 0 Å². The average Bonchev–Trinajstić information content (AvgIpc) is 2.72. The van der Waals surface area contributed by atoms with E-state index in [0.29, 0.717) is 10.8 Å². The van der Waals surface area contributed by atoms with Crippen LogP contribution in [-0.2, 0) is 14.8 Å². The molecule has 2 aromatic rings. The van der Waals surface area contributed by atoms with Gasteiger partial charge in [-0.25, -0.2) is 8.42 Å². The summed E-state index contributed by atoms with van der Waals surface area (Å²) in [6.45, 7) is 0.230. The molecular formula is C21H22ClF3N2O5S. The Morgan fingerprint density at radius 3 is 2.30 bits per heavy atom. The molecule has 0 unspecified atom stereocenters. The van der Waals surface area contributed by atoms with Crippen molar-refractivity contribution in [2.24, 2.45) is 11.1 Å². The van der Waals surface area contributed by atoms with E-state index >= 15 is 0 Å². The molecule has 1 amide bonds. The van der Waals surface area contributed by atoms with E-state index in [1.54, 1.807) is 24.3 Å². The summed E-state index contributed by atoms with van der Waals surface area (Å²) in [5, 5.41) is 0.539. The molecule has 2 aromatic carbocycles. The summed E-state index contributed by atoms with van der Waals surface area (Å²) in [6, 6.07) is 10.9. The number of nitrogens with zero attached hydrogens (tertiary/aromatic N) is 1. The zero-order valence-electron chi connectivity index (χ0n) is 17.3. The fourth-order valence-electron chi connectivity index (χ4n) is 3.69. The lowest BCUT2D eigenvalue weighted by Gasteiger charge is -2.40. The van der Waals surface area contributed by atoms with E-state index in [4.69, 9.17) is 22.1 Å². The summed E-state index contributed by atoms with van der Waals surface area (Å²) in [4.78, 5) is 11.4. The van der Waals surface area contributed by atoms with Gasteiger partial charge in [0.1, 0.15) is 11.5 Å². The SMILES string of the molecule is NC(=O)CC1(COc2ccc(Cl)cc2)CCN(S(=O)(=O)c2cccc(OC(F)(F)F)c2)CC1. The molecule has 3 rings (SSSR count). The largest absolute Gasteiger partial charge is 0.573 e. The van der Waals surface area contributed by atoms with Crippen molar-refractivity contribution in [1.29, 1.82) is 0 Å². The number of amides is 1. The summed E-state index contributed by atoms with van der Waals surface area (Å²) in [6.07, 6.45) is -4.38. The molecule has 0 saturated carbocycles. The lowest BCUT2D eigenvalue weighted by molar-refractivity contribution is -0.274. The minimum atomic E-state index is -4.94. The maximum atomic E-state index is 13.0. The van der Waals surface area contributed by atoms with Crippen LogP contribution in [0.2, 0.25) is 5.02 Å². The van der Waals surface area contributed by atoms with Crippen LogP contribution in [0, 0.1) is 5.41 Å². The first-order valence-corrected chi connectivity index (χ1v) is 11.7. The van der Waals surface area contributed by atoms with E-state index in [-0.39, 0.29) is 43.9 Å². The number of carbonyl (C=O) groups is 1. The molecule has 1 aliphatic heterocycles. The second-order valence-electron chi connectivity index (χ2n) is 7.81.